The van der Waals surface area contributed by atoms with E-state index in [-0.39, 0.29) is 5.56 Å². The van der Waals surface area contributed by atoms with Crippen LogP contribution in [0.3, 0.4) is 0 Å². The molecule has 5 heteroatoms. The number of halogens is 1. The van der Waals surface area contributed by atoms with E-state index < -0.39 is 0 Å². The van der Waals surface area contributed by atoms with Gasteiger partial charge in [-0.15, -0.1) is 0 Å². The van der Waals surface area contributed by atoms with Crippen LogP contribution in [-0.2, 0) is 0 Å². The standard InChI is InChI=1S/C23H17ClN2O2/c1-28-21-9-5-4-8-20(21)26-22(15-12-16-10-13-17(24)14-11-16)25-19-7-3-2-6-18(19)23(26)27/h2-15H,1H3/b15-12+. The third kappa shape index (κ3) is 3.42. The molecule has 0 radical (unpaired) electrons. The zero-order valence-electron chi connectivity index (χ0n) is 15.2. The van der Waals surface area contributed by atoms with E-state index in [0.717, 1.165) is 5.56 Å². The van der Waals surface area contributed by atoms with Crippen LogP contribution in [0.4, 0.5) is 0 Å². The zero-order valence-corrected chi connectivity index (χ0v) is 15.9. The van der Waals surface area contributed by atoms with Crippen molar-refractivity contribution in [3.05, 3.63) is 99.6 Å². The van der Waals surface area contributed by atoms with Gasteiger partial charge in [-0.25, -0.2) is 4.98 Å². The lowest BCUT2D eigenvalue weighted by Gasteiger charge is -2.14. The molecule has 3 aromatic carbocycles. The average molecular weight is 389 g/mol. The lowest BCUT2D eigenvalue weighted by Crippen LogP contribution is -2.22. The van der Waals surface area contributed by atoms with Crippen LogP contribution >= 0.6 is 11.6 Å². The maximum atomic E-state index is 13.3. The highest BCUT2D eigenvalue weighted by molar-refractivity contribution is 6.30. The number of benzene rings is 3. The highest BCUT2D eigenvalue weighted by atomic mass is 35.5. The summed E-state index contributed by atoms with van der Waals surface area (Å²) in [5.41, 5.74) is 2.10. The Labute approximate surface area is 167 Å². The van der Waals surface area contributed by atoms with Gasteiger partial charge in [0.25, 0.3) is 5.56 Å². The van der Waals surface area contributed by atoms with Crippen molar-refractivity contribution in [1.29, 1.82) is 0 Å². The molecule has 1 heterocycles. The Bertz CT molecular complexity index is 1230. The number of hydrogen-bond donors (Lipinski definition) is 0. The van der Waals surface area contributed by atoms with E-state index in [1.165, 1.54) is 0 Å². The molecule has 0 aliphatic carbocycles. The fourth-order valence-corrected chi connectivity index (χ4v) is 3.18. The van der Waals surface area contributed by atoms with Crippen LogP contribution in [0.25, 0.3) is 28.7 Å². The predicted molar refractivity (Wildman–Crippen MR) is 114 cm³/mol. The van der Waals surface area contributed by atoms with Gasteiger partial charge in [-0.05, 0) is 48.0 Å². The van der Waals surface area contributed by atoms with Gasteiger partial charge in [-0.3, -0.25) is 9.36 Å². The van der Waals surface area contributed by atoms with Crippen molar-refractivity contribution >= 4 is 34.7 Å². The minimum Gasteiger partial charge on any atom is -0.495 e. The van der Waals surface area contributed by atoms with Crippen molar-refractivity contribution < 1.29 is 4.74 Å². The summed E-state index contributed by atoms with van der Waals surface area (Å²) >= 11 is 5.96. The number of para-hydroxylation sites is 3. The third-order valence-corrected chi connectivity index (χ3v) is 4.67. The first-order chi connectivity index (χ1) is 13.7. The molecule has 0 saturated heterocycles. The van der Waals surface area contributed by atoms with Crippen LogP contribution in [0.2, 0.25) is 5.02 Å². The van der Waals surface area contributed by atoms with Crippen LogP contribution in [0, 0.1) is 0 Å². The number of rotatable bonds is 4. The monoisotopic (exact) mass is 388 g/mol. The Hall–Kier alpha value is -3.37. The third-order valence-electron chi connectivity index (χ3n) is 4.42. The number of methoxy groups -OCH3 is 1. The molecule has 4 rings (SSSR count). The molecule has 0 saturated carbocycles. The minimum absolute atomic E-state index is 0.147. The summed E-state index contributed by atoms with van der Waals surface area (Å²) in [6.07, 6.45) is 3.72. The van der Waals surface area contributed by atoms with E-state index in [1.807, 2.05) is 78.9 Å². The van der Waals surface area contributed by atoms with Gasteiger partial charge in [0, 0.05) is 5.02 Å². The molecule has 0 fully saturated rings. The van der Waals surface area contributed by atoms with Crippen LogP contribution in [0.15, 0.2) is 77.6 Å². The minimum atomic E-state index is -0.147. The van der Waals surface area contributed by atoms with E-state index in [1.54, 1.807) is 17.7 Å². The van der Waals surface area contributed by atoms with Crippen molar-refractivity contribution in [1.82, 2.24) is 9.55 Å². The van der Waals surface area contributed by atoms with Gasteiger partial charge in [0.05, 0.1) is 23.7 Å². The zero-order chi connectivity index (χ0) is 19.5. The van der Waals surface area contributed by atoms with E-state index in [9.17, 15) is 4.79 Å². The lowest BCUT2D eigenvalue weighted by molar-refractivity contribution is 0.412. The van der Waals surface area contributed by atoms with Gasteiger partial charge in [0.2, 0.25) is 0 Å². The van der Waals surface area contributed by atoms with Gasteiger partial charge >= 0.3 is 0 Å². The van der Waals surface area contributed by atoms with Gasteiger partial charge in [0.15, 0.2) is 0 Å². The summed E-state index contributed by atoms with van der Waals surface area (Å²) in [5, 5.41) is 1.23. The molecule has 4 nitrogen and oxygen atoms in total. The first-order valence-electron chi connectivity index (χ1n) is 8.76. The van der Waals surface area contributed by atoms with Crippen LogP contribution in [-0.4, -0.2) is 16.7 Å². The first-order valence-corrected chi connectivity index (χ1v) is 9.14. The highest BCUT2D eigenvalue weighted by Crippen LogP contribution is 2.24. The second-order valence-electron chi connectivity index (χ2n) is 6.18. The van der Waals surface area contributed by atoms with Crippen LogP contribution in [0.1, 0.15) is 11.4 Å². The van der Waals surface area contributed by atoms with Crippen molar-refractivity contribution in [2.45, 2.75) is 0 Å². The Morgan fingerprint density at radius 3 is 2.43 bits per heavy atom. The van der Waals surface area contributed by atoms with E-state index in [4.69, 9.17) is 21.3 Å². The number of hydrogen-bond acceptors (Lipinski definition) is 3. The molecule has 0 aliphatic rings. The van der Waals surface area contributed by atoms with Crippen LogP contribution in [0.5, 0.6) is 5.75 Å². The van der Waals surface area contributed by atoms with Crippen molar-refractivity contribution in [2.24, 2.45) is 0 Å². The summed E-state index contributed by atoms with van der Waals surface area (Å²) in [4.78, 5) is 18.0. The normalized spacial score (nSPS) is 11.2. The molecular weight excluding hydrogens is 372 g/mol. The van der Waals surface area contributed by atoms with Crippen molar-refractivity contribution in [3.8, 4) is 11.4 Å². The largest absolute Gasteiger partial charge is 0.495 e. The van der Waals surface area contributed by atoms with Crippen molar-refractivity contribution in [3.63, 3.8) is 0 Å². The fourth-order valence-electron chi connectivity index (χ4n) is 3.05. The van der Waals surface area contributed by atoms with E-state index in [0.29, 0.717) is 33.2 Å². The van der Waals surface area contributed by atoms with Gasteiger partial charge in [-0.2, -0.15) is 0 Å². The van der Waals surface area contributed by atoms with Crippen molar-refractivity contribution in [2.75, 3.05) is 7.11 Å². The first kappa shape index (κ1) is 18.0. The molecule has 28 heavy (non-hydrogen) atoms. The number of fused-ring (bicyclic) bond motifs is 1. The Morgan fingerprint density at radius 2 is 1.64 bits per heavy atom. The highest BCUT2D eigenvalue weighted by Gasteiger charge is 2.14. The maximum absolute atomic E-state index is 13.3. The molecular formula is C23H17ClN2O2. The SMILES string of the molecule is COc1ccccc1-n1c(/C=C/c2ccc(Cl)cc2)nc2ccccc2c1=O. The Kier molecular flexibility index (Phi) is 4.96. The molecule has 0 unspecified atom stereocenters. The second kappa shape index (κ2) is 7.71. The molecule has 0 spiro atoms. The lowest BCUT2D eigenvalue weighted by atomic mass is 10.2. The molecule has 0 N–H and O–H groups in total. The molecule has 138 valence electrons. The number of nitrogens with zero attached hydrogens (tertiary/aromatic N) is 2. The number of ether oxygens (including phenoxy) is 1. The Morgan fingerprint density at radius 1 is 0.929 bits per heavy atom. The maximum Gasteiger partial charge on any atom is 0.266 e. The molecule has 4 aromatic rings. The summed E-state index contributed by atoms with van der Waals surface area (Å²) in [7, 11) is 1.58. The molecule has 0 amide bonds. The smallest absolute Gasteiger partial charge is 0.266 e. The summed E-state index contributed by atoms with van der Waals surface area (Å²) in [6.45, 7) is 0. The number of aromatic nitrogens is 2. The summed E-state index contributed by atoms with van der Waals surface area (Å²) in [5.74, 6) is 1.12. The van der Waals surface area contributed by atoms with E-state index in [2.05, 4.69) is 0 Å². The molecule has 0 atom stereocenters. The Balaban J connectivity index is 1.96. The predicted octanol–water partition coefficient (Wildman–Crippen LogP) is 5.22. The fraction of sp³-hybridized carbons (Fsp3) is 0.0435. The van der Waals surface area contributed by atoms with Gasteiger partial charge in [-0.1, -0.05) is 54.1 Å². The topological polar surface area (TPSA) is 44.1 Å². The van der Waals surface area contributed by atoms with E-state index >= 15 is 0 Å². The molecule has 0 aliphatic heterocycles. The average Bonchev–Trinajstić information content (AvgIpc) is 2.73. The summed E-state index contributed by atoms with van der Waals surface area (Å²) < 4.78 is 7.05. The van der Waals surface area contributed by atoms with Gasteiger partial charge < -0.3 is 4.74 Å². The quantitative estimate of drug-likeness (QED) is 0.481. The van der Waals surface area contributed by atoms with Crippen LogP contribution < -0.4 is 10.3 Å². The second-order valence-corrected chi connectivity index (χ2v) is 6.62. The molecule has 1 aromatic heterocycles. The van der Waals surface area contributed by atoms with Gasteiger partial charge in [0.1, 0.15) is 11.6 Å². The summed E-state index contributed by atoms with van der Waals surface area (Å²) in [6, 6.07) is 22.2. The molecule has 0 bridgehead atoms.